The van der Waals surface area contributed by atoms with Crippen LogP contribution in [0.25, 0.3) is 0 Å². The number of piperidine rings is 1. The van der Waals surface area contributed by atoms with Crippen LogP contribution >= 0.6 is 0 Å². The van der Waals surface area contributed by atoms with Crippen molar-refractivity contribution >= 4 is 12.6 Å². The van der Waals surface area contributed by atoms with Gasteiger partial charge in [0.15, 0.2) is 6.10 Å². The number of benzene rings is 1. The fraction of sp³-hybridized carbons (Fsp3) is 0.704. The molecule has 0 radical (unpaired) electrons. The highest BCUT2D eigenvalue weighted by molar-refractivity contribution is 5.68. The molecule has 1 aromatic rings. The highest BCUT2D eigenvalue weighted by Crippen LogP contribution is 2.41. The molecular weight excluding hydrogens is 489 g/mol. The van der Waals surface area contributed by atoms with Crippen molar-refractivity contribution in [3.63, 3.8) is 0 Å². The van der Waals surface area contributed by atoms with E-state index in [1.807, 2.05) is 6.92 Å². The van der Waals surface area contributed by atoms with Crippen molar-refractivity contribution < 1.29 is 37.0 Å². The summed E-state index contributed by atoms with van der Waals surface area (Å²) in [5.74, 6) is 0.879. The Morgan fingerprint density at radius 2 is 1.78 bits per heavy atom. The van der Waals surface area contributed by atoms with Crippen LogP contribution in [0.5, 0.6) is 5.75 Å². The average Bonchev–Trinajstić information content (AvgIpc) is 3.23. The first-order chi connectivity index (χ1) is 17.6. The van der Waals surface area contributed by atoms with E-state index >= 15 is 0 Å². The summed E-state index contributed by atoms with van der Waals surface area (Å²) in [6.07, 6.45) is -0.847. The second-order valence-electron chi connectivity index (χ2n) is 10.7. The number of halogens is 3. The van der Waals surface area contributed by atoms with Crippen LogP contribution in [-0.4, -0.2) is 72.0 Å². The lowest BCUT2D eigenvalue weighted by Gasteiger charge is -2.45. The van der Waals surface area contributed by atoms with E-state index in [1.165, 1.54) is 4.90 Å². The molecule has 0 aromatic heterocycles. The van der Waals surface area contributed by atoms with Crippen LogP contribution in [0.4, 0.5) is 18.0 Å². The molecule has 7 nitrogen and oxygen atoms in total. The number of ether oxygens (including phenoxy) is 3. The van der Waals surface area contributed by atoms with Gasteiger partial charge in [0.05, 0.1) is 6.10 Å². The third-order valence-electron chi connectivity index (χ3n) is 8.18. The number of alkyl halides is 3. The fourth-order valence-corrected chi connectivity index (χ4v) is 5.86. The van der Waals surface area contributed by atoms with Gasteiger partial charge in [-0.05, 0) is 83.4 Å². The second-order valence-corrected chi connectivity index (χ2v) is 10.7. The van der Waals surface area contributed by atoms with Gasteiger partial charge in [-0.2, -0.15) is 13.2 Å². The number of likely N-dealkylation sites (tertiary alicyclic amines) is 2. The first-order valence-corrected chi connectivity index (χ1v) is 13.2. The lowest BCUT2D eigenvalue weighted by molar-refractivity contribution is -0.200. The van der Waals surface area contributed by atoms with E-state index < -0.39 is 18.4 Å². The summed E-state index contributed by atoms with van der Waals surface area (Å²) in [5, 5.41) is 0. The molecule has 1 saturated carbocycles. The molecule has 4 rings (SSSR count). The summed E-state index contributed by atoms with van der Waals surface area (Å²) >= 11 is 0. The Kier molecular flexibility index (Phi) is 8.56. The molecule has 0 bridgehead atoms. The van der Waals surface area contributed by atoms with Gasteiger partial charge in [0.25, 0.3) is 6.47 Å². The van der Waals surface area contributed by atoms with E-state index in [4.69, 9.17) is 9.47 Å². The Labute approximate surface area is 216 Å². The van der Waals surface area contributed by atoms with E-state index in [-0.39, 0.29) is 17.7 Å². The van der Waals surface area contributed by atoms with Gasteiger partial charge in [0.1, 0.15) is 11.9 Å². The molecule has 1 aromatic carbocycles. The summed E-state index contributed by atoms with van der Waals surface area (Å²) in [6, 6.07) is 6.27. The molecule has 1 unspecified atom stereocenters. The number of amides is 1. The zero-order valence-corrected chi connectivity index (χ0v) is 21.6. The van der Waals surface area contributed by atoms with E-state index in [0.717, 1.165) is 75.4 Å². The SMILES string of the molecule is Cc1ccc(CN2CCCC23CCN(C(=O)OC(C)C(F)(F)F)CC3)c(OC2CCC(OC=O)CC2)c1. The zero-order valence-electron chi connectivity index (χ0n) is 21.6. The van der Waals surface area contributed by atoms with Crippen molar-refractivity contribution in [2.24, 2.45) is 0 Å². The van der Waals surface area contributed by atoms with E-state index in [1.54, 1.807) is 0 Å². The molecular formula is C27H37F3N2O5. The number of carbonyl (C=O) groups excluding carboxylic acids is 2. The van der Waals surface area contributed by atoms with Gasteiger partial charge in [-0.3, -0.25) is 9.69 Å². The van der Waals surface area contributed by atoms with Gasteiger partial charge in [0, 0.05) is 30.7 Å². The van der Waals surface area contributed by atoms with Crippen LogP contribution in [0, 0.1) is 6.92 Å². The molecule has 10 heteroatoms. The quantitative estimate of drug-likeness (QED) is 0.445. The van der Waals surface area contributed by atoms with Crippen LogP contribution in [0.15, 0.2) is 18.2 Å². The topological polar surface area (TPSA) is 68.3 Å². The molecule has 3 aliphatic rings. The summed E-state index contributed by atoms with van der Waals surface area (Å²) in [4.78, 5) is 26.8. The van der Waals surface area contributed by atoms with Crippen molar-refractivity contribution in [3.8, 4) is 5.75 Å². The molecule has 3 fully saturated rings. The summed E-state index contributed by atoms with van der Waals surface area (Å²) < 4.78 is 54.6. The molecule has 1 aliphatic carbocycles. The number of hydrogen-bond acceptors (Lipinski definition) is 6. The maximum atomic E-state index is 12.8. The molecule has 1 spiro atoms. The van der Waals surface area contributed by atoms with E-state index in [2.05, 4.69) is 27.8 Å². The van der Waals surface area contributed by atoms with Crippen LogP contribution in [0.1, 0.15) is 69.4 Å². The number of rotatable bonds is 7. The van der Waals surface area contributed by atoms with Gasteiger partial charge in [0.2, 0.25) is 0 Å². The molecule has 1 atom stereocenters. The summed E-state index contributed by atoms with van der Waals surface area (Å²) in [6.45, 7) is 5.82. The van der Waals surface area contributed by atoms with Gasteiger partial charge < -0.3 is 19.1 Å². The third kappa shape index (κ3) is 6.69. The van der Waals surface area contributed by atoms with Gasteiger partial charge in [-0.1, -0.05) is 12.1 Å². The number of nitrogens with zero attached hydrogens (tertiary/aromatic N) is 2. The maximum absolute atomic E-state index is 12.8. The minimum atomic E-state index is -4.56. The lowest BCUT2D eigenvalue weighted by atomic mass is 9.84. The highest BCUT2D eigenvalue weighted by atomic mass is 19.4. The molecule has 206 valence electrons. The first-order valence-electron chi connectivity index (χ1n) is 13.2. The van der Waals surface area contributed by atoms with Gasteiger partial charge in [-0.25, -0.2) is 4.79 Å². The number of carbonyl (C=O) groups is 2. The Bertz CT molecular complexity index is 940. The molecule has 37 heavy (non-hydrogen) atoms. The molecule has 2 aliphatic heterocycles. The average molecular weight is 527 g/mol. The molecule has 1 amide bonds. The Hall–Kier alpha value is -2.49. The predicted molar refractivity (Wildman–Crippen MR) is 130 cm³/mol. The van der Waals surface area contributed by atoms with E-state index in [9.17, 15) is 22.8 Å². The molecule has 0 N–H and O–H groups in total. The standard InChI is InChI=1S/C27H37F3N2O5/c1-19-4-5-21(24(16-19)37-23-8-6-22(7-9-23)35-18-33)17-32-13-3-10-26(32)11-14-31(15-12-26)25(34)36-20(2)27(28,29)30/h4-5,16,18,20,22-23H,3,6-15,17H2,1-2H3. The van der Waals surface area contributed by atoms with Gasteiger partial charge in [-0.15, -0.1) is 0 Å². The van der Waals surface area contributed by atoms with Crippen LogP contribution in [0.2, 0.25) is 0 Å². The second kappa shape index (κ2) is 11.5. The zero-order chi connectivity index (χ0) is 26.6. The van der Waals surface area contributed by atoms with Crippen LogP contribution in [-0.2, 0) is 20.8 Å². The Morgan fingerprint density at radius 1 is 1.11 bits per heavy atom. The highest BCUT2D eigenvalue weighted by Gasteiger charge is 2.45. The molecule has 2 heterocycles. The lowest BCUT2D eigenvalue weighted by Crippen LogP contribution is -2.53. The largest absolute Gasteiger partial charge is 0.490 e. The van der Waals surface area contributed by atoms with Crippen molar-refractivity contribution in [2.45, 2.75) is 102 Å². The minimum absolute atomic E-state index is 0.0291. The van der Waals surface area contributed by atoms with Crippen LogP contribution in [0.3, 0.4) is 0 Å². The smallest absolute Gasteiger partial charge is 0.425 e. The predicted octanol–water partition coefficient (Wildman–Crippen LogP) is 5.38. The van der Waals surface area contributed by atoms with Crippen molar-refractivity contribution in [1.82, 2.24) is 9.80 Å². The Morgan fingerprint density at radius 3 is 2.43 bits per heavy atom. The number of hydrogen-bond donors (Lipinski definition) is 0. The summed E-state index contributed by atoms with van der Waals surface area (Å²) in [7, 11) is 0. The normalized spacial score (nSPS) is 25.1. The minimum Gasteiger partial charge on any atom is -0.490 e. The third-order valence-corrected chi connectivity index (χ3v) is 8.18. The van der Waals surface area contributed by atoms with Crippen molar-refractivity contribution in [2.75, 3.05) is 19.6 Å². The molecule has 2 saturated heterocycles. The summed E-state index contributed by atoms with van der Waals surface area (Å²) in [5.41, 5.74) is 2.14. The van der Waals surface area contributed by atoms with Crippen LogP contribution < -0.4 is 4.74 Å². The fourth-order valence-electron chi connectivity index (χ4n) is 5.86. The van der Waals surface area contributed by atoms with Crippen molar-refractivity contribution in [3.05, 3.63) is 29.3 Å². The monoisotopic (exact) mass is 526 g/mol. The number of aryl methyl sites for hydroxylation is 1. The Balaban J connectivity index is 1.37. The maximum Gasteiger partial charge on any atom is 0.425 e. The van der Waals surface area contributed by atoms with Crippen molar-refractivity contribution in [1.29, 1.82) is 0 Å². The first kappa shape index (κ1) is 27.5. The van der Waals surface area contributed by atoms with Gasteiger partial charge >= 0.3 is 12.3 Å². The van der Waals surface area contributed by atoms with E-state index in [0.29, 0.717) is 32.4 Å².